The van der Waals surface area contributed by atoms with E-state index in [9.17, 15) is 0 Å². The molecule has 0 saturated heterocycles. The maximum atomic E-state index is 7.90. The summed E-state index contributed by atoms with van der Waals surface area (Å²) < 4.78 is 0. The minimum atomic E-state index is 0. The normalized spacial score (nSPS) is 11.1. The van der Waals surface area contributed by atoms with Crippen molar-refractivity contribution < 1.29 is 26.5 Å². The van der Waals surface area contributed by atoms with Crippen molar-refractivity contribution in [3.05, 3.63) is 0 Å². The van der Waals surface area contributed by atoms with Crippen molar-refractivity contribution in [3.8, 4) is 0 Å². The van der Waals surface area contributed by atoms with E-state index in [0.717, 1.165) is 0 Å². The fourth-order valence-corrected chi connectivity index (χ4v) is 0.251. The van der Waals surface area contributed by atoms with Crippen molar-refractivity contribution in [2.45, 2.75) is 6.92 Å². The first-order valence-electron chi connectivity index (χ1n) is 2.06. The Hall–Kier alpha value is -0.566. The summed E-state index contributed by atoms with van der Waals surface area (Å²) in [6.45, 7) is 1.66. The first-order valence-corrected chi connectivity index (χ1v) is 2.06. The molecule has 0 amide bonds. The van der Waals surface area contributed by atoms with Gasteiger partial charge in [-0.15, -0.1) is 0 Å². The van der Waals surface area contributed by atoms with E-state index in [1.165, 1.54) is 13.3 Å². The molecule has 0 saturated carbocycles. The molecule has 56 valence electrons. The summed E-state index contributed by atoms with van der Waals surface area (Å²) in [4.78, 5) is 4.34. The van der Waals surface area contributed by atoms with Gasteiger partial charge in [-0.25, -0.2) is 0 Å². The van der Waals surface area contributed by atoms with Crippen LogP contribution >= 0.6 is 0 Å². The van der Waals surface area contributed by atoms with Crippen molar-refractivity contribution >= 4 is 11.9 Å². The van der Waals surface area contributed by atoms with Crippen LogP contribution in [-0.2, 0) is 21.3 Å². The predicted molar refractivity (Wildman–Crippen MR) is 30.4 cm³/mol. The van der Waals surface area contributed by atoms with Crippen LogP contribution in [0.1, 0.15) is 6.92 Å². The Labute approximate surface area is 63.5 Å². The molecule has 0 unspecified atom stereocenters. The second-order valence-corrected chi connectivity index (χ2v) is 1.16. The van der Waals surface area contributed by atoms with Crippen LogP contribution in [0.15, 0.2) is 10.3 Å². The van der Waals surface area contributed by atoms with E-state index in [-0.39, 0.29) is 16.5 Å². The molecule has 0 bridgehead atoms. The Morgan fingerprint density at radius 3 is 2.56 bits per heavy atom. The van der Waals surface area contributed by atoms with Crippen LogP contribution in [0.4, 0.5) is 0 Å². The molecule has 0 aliphatic heterocycles. The van der Waals surface area contributed by atoms with Gasteiger partial charge in [0.25, 0.3) is 0 Å². The Kier molecular flexibility index (Phi) is 9.30. The molecule has 0 aliphatic carbocycles. The fourth-order valence-electron chi connectivity index (χ4n) is 0.251. The summed E-state index contributed by atoms with van der Waals surface area (Å²) in [6.07, 6.45) is 1.18. The SMILES string of the molecule is CON=C(C)C=NO.[Ni]. The number of nitrogens with zero attached hydrogens (tertiary/aromatic N) is 2. The Morgan fingerprint density at radius 2 is 2.22 bits per heavy atom. The molecule has 9 heavy (non-hydrogen) atoms. The number of oxime groups is 2. The van der Waals surface area contributed by atoms with E-state index in [1.807, 2.05) is 0 Å². The molecule has 0 fully saturated rings. The molecule has 0 rings (SSSR count). The fraction of sp³-hybridized carbons (Fsp3) is 0.500. The van der Waals surface area contributed by atoms with Crippen LogP contribution in [0.25, 0.3) is 0 Å². The zero-order valence-electron chi connectivity index (χ0n) is 5.14. The third kappa shape index (κ3) is 7.43. The van der Waals surface area contributed by atoms with Gasteiger partial charge >= 0.3 is 0 Å². The molecule has 1 N–H and O–H groups in total. The third-order valence-electron chi connectivity index (χ3n) is 0.480. The quantitative estimate of drug-likeness (QED) is 0.287. The maximum absolute atomic E-state index is 7.90. The summed E-state index contributed by atoms with van der Waals surface area (Å²) >= 11 is 0. The molecule has 5 heteroatoms. The second-order valence-electron chi connectivity index (χ2n) is 1.16. The zero-order valence-corrected chi connectivity index (χ0v) is 6.13. The van der Waals surface area contributed by atoms with Gasteiger partial charge < -0.3 is 10.0 Å². The number of hydrogen-bond acceptors (Lipinski definition) is 4. The molecule has 0 aliphatic rings. The summed E-state index contributed by atoms with van der Waals surface area (Å²) in [7, 11) is 1.43. The molecule has 0 spiro atoms. The first kappa shape index (κ1) is 11.3. The van der Waals surface area contributed by atoms with Crippen molar-refractivity contribution in [2.75, 3.05) is 7.11 Å². The molecule has 0 aromatic rings. The molecule has 0 aromatic carbocycles. The number of rotatable bonds is 2. The van der Waals surface area contributed by atoms with Gasteiger partial charge in [0.1, 0.15) is 7.11 Å². The van der Waals surface area contributed by atoms with Crippen molar-refractivity contribution in [3.63, 3.8) is 0 Å². The van der Waals surface area contributed by atoms with E-state index >= 15 is 0 Å². The summed E-state index contributed by atoms with van der Waals surface area (Å²) in [5.41, 5.74) is 0.523. The van der Waals surface area contributed by atoms with Gasteiger partial charge in [-0.05, 0) is 6.92 Å². The summed E-state index contributed by atoms with van der Waals surface area (Å²) in [6, 6.07) is 0. The zero-order chi connectivity index (χ0) is 6.41. The van der Waals surface area contributed by atoms with Crippen LogP contribution in [0, 0.1) is 0 Å². The minimum Gasteiger partial charge on any atom is -0.411 e. The van der Waals surface area contributed by atoms with Gasteiger partial charge in [-0.2, -0.15) is 0 Å². The van der Waals surface area contributed by atoms with Gasteiger partial charge in [-0.3, -0.25) is 0 Å². The van der Waals surface area contributed by atoms with Gasteiger partial charge in [0, 0.05) is 16.5 Å². The first-order chi connectivity index (χ1) is 3.81. The Bertz CT molecular complexity index is 113. The van der Waals surface area contributed by atoms with Gasteiger partial charge in [-0.1, -0.05) is 10.3 Å². The topological polar surface area (TPSA) is 54.2 Å². The molecule has 0 radical (unpaired) electrons. The average molecular weight is 175 g/mol. The van der Waals surface area contributed by atoms with E-state index in [1.54, 1.807) is 6.92 Å². The van der Waals surface area contributed by atoms with E-state index in [2.05, 4.69) is 15.1 Å². The average Bonchev–Trinajstić information content (AvgIpc) is 1.68. The summed E-state index contributed by atoms with van der Waals surface area (Å²) in [5.74, 6) is 0. The minimum absolute atomic E-state index is 0. The molecular formula is C4H8N2NiO2. The number of hydrogen-bond donors (Lipinski definition) is 1. The standard InChI is InChI=1S/C4H8N2O2.Ni/c1-4(3-5-7)6-8-2;/h3,7H,1-2H3;. The van der Waals surface area contributed by atoms with Crippen LogP contribution in [0.2, 0.25) is 0 Å². The van der Waals surface area contributed by atoms with Crippen LogP contribution in [0.5, 0.6) is 0 Å². The molecule has 0 atom stereocenters. The molecule has 4 nitrogen and oxygen atoms in total. The summed E-state index contributed by atoms with van der Waals surface area (Å²) in [5, 5.41) is 14.0. The van der Waals surface area contributed by atoms with E-state index < -0.39 is 0 Å². The van der Waals surface area contributed by atoms with E-state index in [0.29, 0.717) is 5.71 Å². The van der Waals surface area contributed by atoms with Gasteiger partial charge in [0.2, 0.25) is 0 Å². The Balaban J connectivity index is 0. The van der Waals surface area contributed by atoms with Crippen molar-refractivity contribution in [1.82, 2.24) is 0 Å². The van der Waals surface area contributed by atoms with Crippen molar-refractivity contribution in [2.24, 2.45) is 10.3 Å². The van der Waals surface area contributed by atoms with E-state index in [4.69, 9.17) is 5.21 Å². The molecule has 0 heterocycles. The van der Waals surface area contributed by atoms with Crippen LogP contribution < -0.4 is 0 Å². The smallest absolute Gasteiger partial charge is 0.106 e. The van der Waals surface area contributed by atoms with Gasteiger partial charge in [0.05, 0.1) is 11.9 Å². The third-order valence-corrected chi connectivity index (χ3v) is 0.480. The maximum Gasteiger partial charge on any atom is 0.106 e. The van der Waals surface area contributed by atoms with Crippen LogP contribution in [-0.4, -0.2) is 24.2 Å². The molecular weight excluding hydrogens is 167 g/mol. The second kappa shape index (κ2) is 7.43. The van der Waals surface area contributed by atoms with Gasteiger partial charge in [0.15, 0.2) is 0 Å². The Morgan fingerprint density at radius 1 is 1.67 bits per heavy atom. The van der Waals surface area contributed by atoms with Crippen LogP contribution in [0.3, 0.4) is 0 Å². The molecule has 0 aromatic heterocycles. The largest absolute Gasteiger partial charge is 0.411 e. The predicted octanol–water partition coefficient (Wildman–Crippen LogP) is 0.466. The van der Waals surface area contributed by atoms with Crippen molar-refractivity contribution in [1.29, 1.82) is 0 Å². The monoisotopic (exact) mass is 174 g/mol.